The van der Waals surface area contributed by atoms with Crippen molar-refractivity contribution in [3.8, 4) is 5.75 Å². The van der Waals surface area contributed by atoms with Gasteiger partial charge in [-0.05, 0) is 41.5 Å². The molecule has 3 rings (SSSR count). The molecule has 0 radical (unpaired) electrons. The third-order valence-electron chi connectivity index (χ3n) is 3.28. The molecule has 0 saturated carbocycles. The molecule has 0 spiro atoms. The fraction of sp³-hybridized carbons (Fsp3) is 0.200. The molecular weight excluding hydrogens is 471 g/mol. The highest BCUT2D eigenvalue weighted by atomic mass is 79.9. The summed E-state index contributed by atoms with van der Waals surface area (Å²) in [6, 6.07) is 10.0. The van der Waals surface area contributed by atoms with E-state index in [9.17, 15) is 0 Å². The second-order valence-corrected chi connectivity index (χ2v) is 7.73. The number of hydrogen-bond acceptors (Lipinski definition) is 1. The molecule has 0 amide bonds. The van der Waals surface area contributed by atoms with Crippen molar-refractivity contribution in [1.82, 2.24) is 0 Å². The van der Waals surface area contributed by atoms with Crippen LogP contribution in [0.5, 0.6) is 5.75 Å². The standard InChI is InChI=1S/C15H10Br3ClO/c16-9-5-8-3-4-20-15(8)12(6-9)14(18)11-7-10(19)1-2-13(11)17/h1-2,5-7,14H,3-4H2. The Kier molecular flexibility index (Phi) is 4.46. The van der Waals surface area contributed by atoms with E-state index in [1.807, 2.05) is 18.2 Å². The van der Waals surface area contributed by atoms with Crippen LogP contribution in [0.4, 0.5) is 0 Å². The van der Waals surface area contributed by atoms with E-state index < -0.39 is 0 Å². The van der Waals surface area contributed by atoms with Crippen LogP contribution >= 0.6 is 59.4 Å². The number of halogens is 4. The lowest BCUT2D eigenvalue weighted by atomic mass is 10.0. The lowest BCUT2D eigenvalue weighted by Crippen LogP contribution is -1.98. The molecule has 20 heavy (non-hydrogen) atoms. The largest absolute Gasteiger partial charge is 0.493 e. The summed E-state index contributed by atoms with van der Waals surface area (Å²) in [5, 5.41) is 0.722. The van der Waals surface area contributed by atoms with Gasteiger partial charge in [0.05, 0.1) is 11.4 Å². The summed E-state index contributed by atoms with van der Waals surface area (Å²) >= 11 is 17.1. The quantitative estimate of drug-likeness (QED) is 0.459. The first kappa shape index (κ1) is 14.9. The zero-order chi connectivity index (χ0) is 14.3. The Labute approximate surface area is 148 Å². The van der Waals surface area contributed by atoms with Crippen LogP contribution in [0, 0.1) is 0 Å². The summed E-state index contributed by atoms with van der Waals surface area (Å²) in [7, 11) is 0. The molecular formula is C15H10Br3ClO. The molecule has 0 aromatic heterocycles. The maximum absolute atomic E-state index is 6.11. The summed E-state index contributed by atoms with van der Waals surface area (Å²) in [6.45, 7) is 0.745. The van der Waals surface area contributed by atoms with Gasteiger partial charge in [0.25, 0.3) is 0 Å². The number of hydrogen-bond donors (Lipinski definition) is 0. The van der Waals surface area contributed by atoms with Gasteiger partial charge in [-0.2, -0.15) is 0 Å². The highest BCUT2D eigenvalue weighted by Gasteiger charge is 2.24. The van der Waals surface area contributed by atoms with Crippen LogP contribution in [0.3, 0.4) is 0 Å². The van der Waals surface area contributed by atoms with Crippen LogP contribution in [-0.4, -0.2) is 6.61 Å². The monoisotopic (exact) mass is 478 g/mol. The van der Waals surface area contributed by atoms with E-state index in [4.69, 9.17) is 16.3 Å². The first-order valence-corrected chi connectivity index (χ1v) is 8.98. The van der Waals surface area contributed by atoms with Crippen molar-refractivity contribution in [2.24, 2.45) is 0 Å². The van der Waals surface area contributed by atoms with Crippen molar-refractivity contribution >= 4 is 59.4 Å². The van der Waals surface area contributed by atoms with Crippen molar-refractivity contribution in [1.29, 1.82) is 0 Å². The summed E-state index contributed by atoms with van der Waals surface area (Å²) in [4.78, 5) is 0.0277. The second kappa shape index (κ2) is 5.99. The lowest BCUT2D eigenvalue weighted by Gasteiger charge is -2.17. The molecule has 104 valence electrons. The van der Waals surface area contributed by atoms with Crippen molar-refractivity contribution in [2.75, 3.05) is 6.61 Å². The molecule has 1 nitrogen and oxygen atoms in total. The Morgan fingerprint density at radius 3 is 2.70 bits per heavy atom. The van der Waals surface area contributed by atoms with E-state index in [0.29, 0.717) is 0 Å². The normalized spacial score (nSPS) is 14.8. The fourth-order valence-electron chi connectivity index (χ4n) is 2.36. The predicted octanol–water partition coefficient (Wildman–Crippen LogP) is 6.28. The van der Waals surface area contributed by atoms with Crippen LogP contribution in [0.15, 0.2) is 39.3 Å². The first-order valence-electron chi connectivity index (χ1n) is 6.10. The van der Waals surface area contributed by atoms with Gasteiger partial charge in [0.2, 0.25) is 0 Å². The Bertz CT molecular complexity index is 672. The van der Waals surface area contributed by atoms with Crippen molar-refractivity contribution in [3.05, 3.63) is 61.0 Å². The molecule has 0 saturated heterocycles. The molecule has 1 atom stereocenters. The highest BCUT2D eigenvalue weighted by molar-refractivity contribution is 9.11. The SMILES string of the molecule is Clc1ccc(Br)c(C(Br)c2cc(Br)cc3c2OCC3)c1. The molecule has 1 unspecified atom stereocenters. The second-order valence-electron chi connectivity index (χ2n) is 4.61. The summed E-state index contributed by atoms with van der Waals surface area (Å²) in [6.07, 6.45) is 0.957. The molecule has 1 heterocycles. The van der Waals surface area contributed by atoms with Gasteiger partial charge in [-0.3, -0.25) is 0 Å². The molecule has 1 aliphatic heterocycles. The minimum absolute atomic E-state index is 0.0277. The van der Waals surface area contributed by atoms with Crippen LogP contribution < -0.4 is 4.74 Å². The topological polar surface area (TPSA) is 9.23 Å². The number of benzene rings is 2. The van der Waals surface area contributed by atoms with E-state index in [2.05, 4.69) is 59.9 Å². The van der Waals surface area contributed by atoms with Crippen LogP contribution in [0.2, 0.25) is 5.02 Å². The summed E-state index contributed by atoms with van der Waals surface area (Å²) in [5.41, 5.74) is 3.46. The Morgan fingerprint density at radius 2 is 1.90 bits per heavy atom. The lowest BCUT2D eigenvalue weighted by molar-refractivity contribution is 0.354. The fourth-order valence-corrected chi connectivity index (χ4v) is 4.57. The van der Waals surface area contributed by atoms with Crippen molar-refractivity contribution in [2.45, 2.75) is 11.2 Å². The third-order valence-corrected chi connectivity index (χ3v) is 5.68. The van der Waals surface area contributed by atoms with Gasteiger partial charge < -0.3 is 4.74 Å². The number of rotatable bonds is 2. The molecule has 2 aromatic rings. The van der Waals surface area contributed by atoms with E-state index in [1.165, 1.54) is 5.56 Å². The third kappa shape index (κ3) is 2.80. The van der Waals surface area contributed by atoms with E-state index in [-0.39, 0.29) is 4.83 Å². The maximum Gasteiger partial charge on any atom is 0.127 e. The summed E-state index contributed by atoms with van der Waals surface area (Å²) in [5.74, 6) is 0.988. The van der Waals surface area contributed by atoms with Crippen LogP contribution in [0.25, 0.3) is 0 Å². The zero-order valence-electron chi connectivity index (χ0n) is 10.3. The number of alkyl halides is 1. The molecule has 0 fully saturated rings. The Morgan fingerprint density at radius 1 is 1.10 bits per heavy atom. The van der Waals surface area contributed by atoms with Gasteiger partial charge >= 0.3 is 0 Å². The molecule has 1 aliphatic rings. The van der Waals surface area contributed by atoms with E-state index in [0.717, 1.165) is 43.9 Å². The average Bonchev–Trinajstić information content (AvgIpc) is 2.87. The zero-order valence-corrected chi connectivity index (χ0v) is 15.8. The molecule has 0 aliphatic carbocycles. The number of fused-ring (bicyclic) bond motifs is 1. The summed E-state index contributed by atoms with van der Waals surface area (Å²) < 4.78 is 7.89. The van der Waals surface area contributed by atoms with E-state index >= 15 is 0 Å². The van der Waals surface area contributed by atoms with Gasteiger partial charge in [-0.15, -0.1) is 0 Å². The Balaban J connectivity index is 2.11. The predicted molar refractivity (Wildman–Crippen MR) is 93.3 cm³/mol. The highest BCUT2D eigenvalue weighted by Crippen LogP contribution is 2.44. The van der Waals surface area contributed by atoms with Crippen LogP contribution in [-0.2, 0) is 6.42 Å². The molecule has 2 aromatic carbocycles. The average molecular weight is 481 g/mol. The van der Waals surface area contributed by atoms with E-state index in [1.54, 1.807) is 0 Å². The Hall–Kier alpha value is -0.0300. The van der Waals surface area contributed by atoms with Gasteiger partial charge in [-0.25, -0.2) is 0 Å². The first-order chi connectivity index (χ1) is 9.56. The molecule has 0 N–H and O–H groups in total. The van der Waals surface area contributed by atoms with Crippen molar-refractivity contribution < 1.29 is 4.74 Å². The molecule has 0 bridgehead atoms. The minimum Gasteiger partial charge on any atom is -0.493 e. The van der Waals surface area contributed by atoms with Gasteiger partial charge in [-0.1, -0.05) is 59.4 Å². The number of ether oxygens (including phenoxy) is 1. The van der Waals surface area contributed by atoms with Gasteiger partial charge in [0.15, 0.2) is 0 Å². The minimum atomic E-state index is 0.0277. The maximum atomic E-state index is 6.11. The smallest absolute Gasteiger partial charge is 0.127 e. The van der Waals surface area contributed by atoms with Gasteiger partial charge in [0.1, 0.15) is 5.75 Å². The molecule has 5 heteroatoms. The van der Waals surface area contributed by atoms with Crippen molar-refractivity contribution in [3.63, 3.8) is 0 Å². The van der Waals surface area contributed by atoms with Gasteiger partial charge in [0, 0.05) is 26.0 Å². The van der Waals surface area contributed by atoms with Crippen LogP contribution in [0.1, 0.15) is 21.5 Å².